The molecule has 19 heavy (non-hydrogen) atoms. The van der Waals surface area contributed by atoms with E-state index in [0.717, 1.165) is 19.5 Å². The smallest absolute Gasteiger partial charge is 0.293 e. The molecule has 102 valence electrons. The summed E-state index contributed by atoms with van der Waals surface area (Å²) >= 11 is 3.18. The molecule has 0 saturated carbocycles. The van der Waals surface area contributed by atoms with Crippen LogP contribution < -0.4 is 10.6 Å². The van der Waals surface area contributed by atoms with Gasteiger partial charge in [-0.05, 0) is 37.6 Å². The van der Waals surface area contributed by atoms with E-state index in [1.165, 1.54) is 12.1 Å². The van der Waals surface area contributed by atoms with Crippen molar-refractivity contribution < 1.29 is 9.72 Å². The molecule has 1 amide bonds. The van der Waals surface area contributed by atoms with Crippen LogP contribution in [0, 0.1) is 16.0 Å². The molecule has 0 bridgehead atoms. The Labute approximate surface area is 118 Å². The van der Waals surface area contributed by atoms with Crippen LogP contribution in [0.5, 0.6) is 0 Å². The number of hydrogen-bond donors (Lipinski definition) is 2. The first-order valence-corrected chi connectivity index (χ1v) is 6.80. The normalized spacial score (nSPS) is 18.3. The van der Waals surface area contributed by atoms with Crippen LogP contribution in [0.2, 0.25) is 0 Å². The summed E-state index contributed by atoms with van der Waals surface area (Å²) in [6, 6.07) is 4.58. The Morgan fingerprint density at radius 3 is 3.00 bits per heavy atom. The largest absolute Gasteiger partial charge is 0.320 e. The van der Waals surface area contributed by atoms with Gasteiger partial charge in [0.25, 0.3) is 5.69 Å². The van der Waals surface area contributed by atoms with Crippen molar-refractivity contribution >= 4 is 33.2 Å². The molecule has 0 aliphatic carbocycles. The fraction of sp³-hybridized carbons (Fsp3) is 0.417. The minimum Gasteiger partial charge on any atom is -0.320 e. The Morgan fingerprint density at radius 2 is 2.37 bits per heavy atom. The number of nitrogens with one attached hydrogen (secondary N) is 2. The molecule has 2 rings (SSSR count). The number of hydrogen-bond acceptors (Lipinski definition) is 4. The highest BCUT2D eigenvalue weighted by Crippen LogP contribution is 2.28. The summed E-state index contributed by atoms with van der Waals surface area (Å²) in [5, 5.41) is 16.7. The number of benzene rings is 1. The molecular formula is C12H14BrN3O3. The van der Waals surface area contributed by atoms with Gasteiger partial charge in [0.1, 0.15) is 5.69 Å². The Kier molecular flexibility index (Phi) is 4.49. The van der Waals surface area contributed by atoms with Crippen molar-refractivity contribution in [3.8, 4) is 0 Å². The van der Waals surface area contributed by atoms with E-state index in [0.29, 0.717) is 16.8 Å². The van der Waals surface area contributed by atoms with Crippen LogP contribution in [0.25, 0.3) is 0 Å². The molecule has 0 spiro atoms. The van der Waals surface area contributed by atoms with E-state index >= 15 is 0 Å². The van der Waals surface area contributed by atoms with E-state index in [9.17, 15) is 14.9 Å². The maximum atomic E-state index is 11.9. The van der Waals surface area contributed by atoms with Gasteiger partial charge < -0.3 is 10.6 Å². The van der Waals surface area contributed by atoms with E-state index in [4.69, 9.17) is 0 Å². The zero-order chi connectivity index (χ0) is 13.8. The summed E-state index contributed by atoms with van der Waals surface area (Å²) in [5.41, 5.74) is 0.136. The highest BCUT2D eigenvalue weighted by atomic mass is 79.9. The molecule has 1 fully saturated rings. The van der Waals surface area contributed by atoms with Crippen molar-refractivity contribution in [1.29, 1.82) is 0 Å². The van der Waals surface area contributed by atoms with Gasteiger partial charge in [-0.2, -0.15) is 0 Å². The van der Waals surface area contributed by atoms with Crippen LogP contribution in [0.15, 0.2) is 22.7 Å². The fourth-order valence-electron chi connectivity index (χ4n) is 2.11. The Hall–Kier alpha value is -1.47. The van der Waals surface area contributed by atoms with Crippen LogP contribution in [0.1, 0.15) is 12.8 Å². The van der Waals surface area contributed by atoms with Crippen molar-refractivity contribution in [2.75, 3.05) is 18.4 Å². The number of rotatable bonds is 4. The second-order valence-electron chi connectivity index (χ2n) is 4.53. The number of carbonyl (C=O) groups excluding carboxylic acids is 1. The van der Waals surface area contributed by atoms with Crippen LogP contribution >= 0.6 is 15.9 Å². The number of nitro benzene ring substituents is 1. The molecule has 1 heterocycles. The van der Waals surface area contributed by atoms with Gasteiger partial charge in [0.15, 0.2) is 0 Å². The molecule has 1 unspecified atom stereocenters. The number of amides is 1. The van der Waals surface area contributed by atoms with Gasteiger partial charge >= 0.3 is 0 Å². The topological polar surface area (TPSA) is 84.3 Å². The van der Waals surface area contributed by atoms with E-state index in [1.54, 1.807) is 6.07 Å². The quantitative estimate of drug-likeness (QED) is 0.656. The lowest BCUT2D eigenvalue weighted by atomic mass is 10.0. The van der Waals surface area contributed by atoms with Crippen LogP contribution in [-0.4, -0.2) is 23.9 Å². The summed E-state index contributed by atoms with van der Waals surface area (Å²) in [5.74, 6) is 0.133. The Morgan fingerprint density at radius 1 is 1.58 bits per heavy atom. The van der Waals surface area contributed by atoms with Gasteiger partial charge in [-0.15, -0.1) is 0 Å². The van der Waals surface area contributed by atoms with Gasteiger partial charge in [-0.1, -0.05) is 15.9 Å². The van der Waals surface area contributed by atoms with E-state index < -0.39 is 4.92 Å². The lowest BCUT2D eigenvalue weighted by molar-refractivity contribution is -0.384. The molecule has 0 aromatic heterocycles. The van der Waals surface area contributed by atoms with Gasteiger partial charge in [0.05, 0.1) is 4.92 Å². The minimum atomic E-state index is -0.502. The minimum absolute atomic E-state index is 0.104. The Balaban J connectivity index is 2.05. The zero-order valence-electron chi connectivity index (χ0n) is 10.2. The van der Waals surface area contributed by atoms with Crippen molar-refractivity contribution in [3.05, 3.63) is 32.8 Å². The summed E-state index contributed by atoms with van der Waals surface area (Å²) in [6.07, 6.45) is 1.36. The molecule has 2 N–H and O–H groups in total. The maximum Gasteiger partial charge on any atom is 0.293 e. The fourth-order valence-corrected chi connectivity index (χ4v) is 2.46. The maximum absolute atomic E-state index is 11.9. The van der Waals surface area contributed by atoms with Gasteiger partial charge in [-0.3, -0.25) is 14.9 Å². The first-order chi connectivity index (χ1) is 9.06. The van der Waals surface area contributed by atoms with Crippen molar-refractivity contribution in [1.82, 2.24) is 5.32 Å². The predicted octanol–water partition coefficient (Wildman–Crippen LogP) is 2.30. The van der Waals surface area contributed by atoms with Gasteiger partial charge in [-0.25, -0.2) is 0 Å². The molecule has 6 nitrogen and oxygen atoms in total. The van der Waals surface area contributed by atoms with Crippen LogP contribution in [0.3, 0.4) is 0 Å². The lowest BCUT2D eigenvalue weighted by Crippen LogP contribution is -2.18. The molecule has 0 radical (unpaired) electrons. The molecule has 1 atom stereocenters. The predicted molar refractivity (Wildman–Crippen MR) is 75.0 cm³/mol. The highest BCUT2D eigenvalue weighted by Gasteiger charge is 2.20. The molecule has 1 saturated heterocycles. The number of nitro groups is 1. The van der Waals surface area contributed by atoms with Crippen molar-refractivity contribution in [2.24, 2.45) is 5.92 Å². The summed E-state index contributed by atoms with van der Waals surface area (Å²) in [6.45, 7) is 1.76. The standard InChI is InChI=1S/C12H14BrN3O3/c13-9-1-2-10(11(6-9)16(18)19)15-12(17)5-8-3-4-14-7-8/h1-2,6,8,14H,3-5,7H2,(H,15,17). The third-order valence-corrected chi connectivity index (χ3v) is 3.56. The number of carbonyl (C=O) groups is 1. The SMILES string of the molecule is O=C(CC1CCNC1)Nc1ccc(Br)cc1[N+](=O)[O-]. The van der Waals surface area contributed by atoms with E-state index in [-0.39, 0.29) is 17.3 Å². The van der Waals surface area contributed by atoms with Crippen molar-refractivity contribution in [3.63, 3.8) is 0 Å². The average Bonchev–Trinajstić information content (AvgIpc) is 2.83. The summed E-state index contributed by atoms with van der Waals surface area (Å²) in [7, 11) is 0. The van der Waals surface area contributed by atoms with Gasteiger partial charge in [0.2, 0.25) is 5.91 Å². The number of anilines is 1. The Bertz CT molecular complexity index is 501. The van der Waals surface area contributed by atoms with E-state index in [2.05, 4.69) is 26.6 Å². The zero-order valence-corrected chi connectivity index (χ0v) is 11.8. The summed E-state index contributed by atoms with van der Waals surface area (Å²) < 4.78 is 0.609. The second kappa shape index (κ2) is 6.12. The molecule has 1 aliphatic rings. The lowest BCUT2D eigenvalue weighted by Gasteiger charge is -2.09. The highest BCUT2D eigenvalue weighted by molar-refractivity contribution is 9.10. The number of halogens is 1. The average molecular weight is 328 g/mol. The third-order valence-electron chi connectivity index (χ3n) is 3.07. The number of nitrogens with zero attached hydrogens (tertiary/aromatic N) is 1. The molecule has 1 aromatic carbocycles. The van der Waals surface area contributed by atoms with Gasteiger partial charge in [0, 0.05) is 17.0 Å². The molecule has 1 aliphatic heterocycles. The van der Waals surface area contributed by atoms with E-state index in [1.807, 2.05) is 0 Å². The first kappa shape index (κ1) is 14.0. The van der Waals surface area contributed by atoms with Crippen molar-refractivity contribution in [2.45, 2.75) is 12.8 Å². The third kappa shape index (κ3) is 3.74. The monoisotopic (exact) mass is 327 g/mol. The first-order valence-electron chi connectivity index (χ1n) is 6.01. The molecule has 7 heteroatoms. The molecule has 1 aromatic rings. The molecular weight excluding hydrogens is 314 g/mol. The van der Waals surface area contributed by atoms with Crippen LogP contribution in [-0.2, 0) is 4.79 Å². The summed E-state index contributed by atoms with van der Waals surface area (Å²) in [4.78, 5) is 22.3. The second-order valence-corrected chi connectivity index (χ2v) is 5.45. The van der Waals surface area contributed by atoms with Crippen LogP contribution in [0.4, 0.5) is 11.4 Å².